The quantitative estimate of drug-likeness (QED) is 0.468. The van der Waals surface area contributed by atoms with Crippen molar-refractivity contribution in [2.24, 2.45) is 0 Å². The van der Waals surface area contributed by atoms with Gasteiger partial charge >= 0.3 is 0 Å². The summed E-state index contributed by atoms with van der Waals surface area (Å²) in [5.41, 5.74) is 1.03. The number of nitrogens with zero attached hydrogens (tertiary/aromatic N) is 3. The number of ether oxygens (including phenoxy) is 3. The molecule has 2 aliphatic rings. The van der Waals surface area contributed by atoms with Crippen molar-refractivity contribution in [1.82, 2.24) is 15.3 Å². The lowest BCUT2D eigenvalue weighted by atomic mass is 10.0. The number of hydrogen-bond acceptors (Lipinski definition) is 7. The van der Waals surface area contributed by atoms with E-state index in [1.165, 1.54) is 6.42 Å². The Morgan fingerprint density at radius 1 is 1.06 bits per heavy atom. The molecule has 0 bridgehead atoms. The van der Waals surface area contributed by atoms with Crippen LogP contribution in [0.3, 0.4) is 0 Å². The molecule has 0 spiro atoms. The molecular formula is C26H29N5O3S. The molecule has 0 aliphatic carbocycles. The number of anilines is 2. The minimum atomic E-state index is 0.394. The fourth-order valence-electron chi connectivity index (χ4n) is 4.24. The molecular weight excluding hydrogens is 462 g/mol. The van der Waals surface area contributed by atoms with E-state index in [9.17, 15) is 0 Å². The van der Waals surface area contributed by atoms with E-state index in [1.807, 2.05) is 54.6 Å². The summed E-state index contributed by atoms with van der Waals surface area (Å²) in [7, 11) is 0. The van der Waals surface area contributed by atoms with Crippen LogP contribution in [0.1, 0.15) is 31.7 Å². The first-order chi connectivity index (χ1) is 17.1. The van der Waals surface area contributed by atoms with Gasteiger partial charge in [-0.15, -0.1) is 0 Å². The second-order valence-corrected chi connectivity index (χ2v) is 9.04. The molecule has 3 aromatic rings. The van der Waals surface area contributed by atoms with E-state index < -0.39 is 0 Å². The van der Waals surface area contributed by atoms with Crippen molar-refractivity contribution < 1.29 is 14.2 Å². The average molecular weight is 492 g/mol. The lowest BCUT2D eigenvalue weighted by Crippen LogP contribution is -2.38. The van der Waals surface area contributed by atoms with Crippen LogP contribution in [0.4, 0.5) is 11.8 Å². The van der Waals surface area contributed by atoms with Gasteiger partial charge in [-0.25, -0.2) is 0 Å². The molecule has 3 heterocycles. The third kappa shape index (κ3) is 5.92. The van der Waals surface area contributed by atoms with Crippen LogP contribution < -0.4 is 29.7 Å². The van der Waals surface area contributed by atoms with Crippen LogP contribution >= 0.6 is 12.2 Å². The summed E-state index contributed by atoms with van der Waals surface area (Å²) in [5, 5.41) is 6.78. The van der Waals surface area contributed by atoms with E-state index in [2.05, 4.69) is 27.4 Å². The molecule has 2 aliphatic heterocycles. The molecule has 5 rings (SSSR count). The fraction of sp³-hybridized carbons (Fsp3) is 0.346. The van der Waals surface area contributed by atoms with Crippen LogP contribution in [0.15, 0.2) is 54.6 Å². The summed E-state index contributed by atoms with van der Waals surface area (Å²) in [6.45, 7) is 4.84. The van der Waals surface area contributed by atoms with Gasteiger partial charge in [0.2, 0.25) is 11.8 Å². The van der Waals surface area contributed by atoms with Crippen LogP contribution in [0.2, 0.25) is 0 Å². The van der Waals surface area contributed by atoms with Crippen molar-refractivity contribution in [3.05, 3.63) is 60.2 Å². The lowest BCUT2D eigenvalue weighted by Gasteiger charge is -2.34. The second-order valence-electron chi connectivity index (χ2n) is 8.63. The van der Waals surface area contributed by atoms with Gasteiger partial charge in [0, 0.05) is 25.2 Å². The van der Waals surface area contributed by atoms with E-state index in [0.717, 1.165) is 42.3 Å². The number of hydrogen-bond donors (Lipinski definition) is 2. The van der Waals surface area contributed by atoms with Gasteiger partial charge in [0.05, 0.1) is 0 Å². The summed E-state index contributed by atoms with van der Waals surface area (Å²) in [6, 6.07) is 17.8. The number of nitrogens with one attached hydrogen (secondary N) is 2. The van der Waals surface area contributed by atoms with Gasteiger partial charge in [0.25, 0.3) is 0 Å². The molecule has 2 N–H and O–H groups in total. The second kappa shape index (κ2) is 10.8. The molecule has 182 valence electrons. The van der Waals surface area contributed by atoms with E-state index in [-0.39, 0.29) is 0 Å². The highest BCUT2D eigenvalue weighted by atomic mass is 32.1. The number of fused-ring (bicyclic) bond motifs is 1. The van der Waals surface area contributed by atoms with Crippen LogP contribution in [0, 0.1) is 0 Å². The summed E-state index contributed by atoms with van der Waals surface area (Å²) >= 11 is 5.54. The number of aromatic nitrogens is 2. The lowest BCUT2D eigenvalue weighted by molar-refractivity contribution is 0.171. The predicted octanol–water partition coefficient (Wildman–Crippen LogP) is 4.91. The normalized spacial score (nSPS) is 16.9. The SMILES string of the molecule is C[C@H]1CCCCN1c1cc(Oc2ccccc2)nc(NC(=S)NCc2ccc3c(c2)OCCO3)n1. The Labute approximate surface area is 210 Å². The molecule has 0 unspecified atom stereocenters. The van der Waals surface area contributed by atoms with Gasteiger partial charge in [-0.2, -0.15) is 9.97 Å². The van der Waals surface area contributed by atoms with Crippen LogP contribution in [-0.2, 0) is 6.54 Å². The first-order valence-corrected chi connectivity index (χ1v) is 12.4. The van der Waals surface area contributed by atoms with Crippen molar-refractivity contribution >= 4 is 29.1 Å². The average Bonchev–Trinajstić information content (AvgIpc) is 2.88. The smallest absolute Gasteiger partial charge is 0.234 e. The third-order valence-corrected chi connectivity index (χ3v) is 6.28. The maximum Gasteiger partial charge on any atom is 0.234 e. The number of para-hydroxylation sites is 1. The Morgan fingerprint density at radius 3 is 2.71 bits per heavy atom. The summed E-state index contributed by atoms with van der Waals surface area (Å²) < 4.78 is 17.3. The van der Waals surface area contributed by atoms with E-state index in [4.69, 9.17) is 31.4 Å². The van der Waals surface area contributed by atoms with Crippen molar-refractivity contribution in [2.45, 2.75) is 38.8 Å². The molecule has 1 atom stereocenters. The third-order valence-electron chi connectivity index (χ3n) is 6.04. The molecule has 1 fully saturated rings. The molecule has 0 radical (unpaired) electrons. The van der Waals surface area contributed by atoms with Gasteiger partial charge < -0.3 is 29.7 Å². The maximum atomic E-state index is 6.04. The zero-order chi connectivity index (χ0) is 24.0. The highest BCUT2D eigenvalue weighted by molar-refractivity contribution is 7.80. The number of rotatable bonds is 6. The Balaban J connectivity index is 1.30. The van der Waals surface area contributed by atoms with Gasteiger partial charge in [0.15, 0.2) is 16.6 Å². The van der Waals surface area contributed by atoms with Crippen LogP contribution in [-0.4, -0.2) is 40.9 Å². The Morgan fingerprint density at radius 2 is 1.89 bits per heavy atom. The Kier molecular flexibility index (Phi) is 7.13. The van der Waals surface area contributed by atoms with E-state index in [0.29, 0.717) is 48.5 Å². The highest BCUT2D eigenvalue weighted by Gasteiger charge is 2.22. The molecule has 0 amide bonds. The highest BCUT2D eigenvalue weighted by Crippen LogP contribution is 2.31. The Bertz CT molecular complexity index is 1180. The molecule has 1 saturated heterocycles. The summed E-state index contributed by atoms with van der Waals surface area (Å²) in [5.74, 6) is 3.93. The number of thiocarbonyl (C=S) groups is 1. The topological polar surface area (TPSA) is 80.8 Å². The first-order valence-electron chi connectivity index (χ1n) is 12.0. The molecule has 9 heteroatoms. The minimum absolute atomic E-state index is 0.394. The van der Waals surface area contributed by atoms with E-state index >= 15 is 0 Å². The largest absolute Gasteiger partial charge is 0.486 e. The molecule has 0 saturated carbocycles. The zero-order valence-corrected chi connectivity index (χ0v) is 20.5. The van der Waals surface area contributed by atoms with Crippen molar-refractivity contribution in [2.75, 3.05) is 30.0 Å². The standard InChI is InChI=1S/C26H29N5O3S/c1-18-7-5-6-12-31(18)23-16-24(34-20-8-3-2-4-9-20)29-25(28-23)30-26(35)27-17-19-10-11-21-22(15-19)33-14-13-32-21/h2-4,8-11,15-16,18H,5-7,12-14,17H2,1H3,(H2,27,28,29,30,35)/t18-/m0/s1. The van der Waals surface area contributed by atoms with Crippen LogP contribution in [0.25, 0.3) is 0 Å². The van der Waals surface area contributed by atoms with Gasteiger partial charge in [-0.05, 0) is 68.2 Å². The monoisotopic (exact) mass is 491 g/mol. The molecule has 2 aromatic carbocycles. The van der Waals surface area contributed by atoms with Gasteiger partial charge in [0.1, 0.15) is 24.8 Å². The number of piperidine rings is 1. The van der Waals surface area contributed by atoms with Crippen molar-refractivity contribution in [1.29, 1.82) is 0 Å². The molecule has 8 nitrogen and oxygen atoms in total. The zero-order valence-electron chi connectivity index (χ0n) is 19.7. The number of benzene rings is 2. The van der Waals surface area contributed by atoms with Crippen molar-refractivity contribution in [3.63, 3.8) is 0 Å². The fourth-order valence-corrected chi connectivity index (χ4v) is 4.41. The van der Waals surface area contributed by atoms with Crippen LogP contribution in [0.5, 0.6) is 23.1 Å². The predicted molar refractivity (Wildman–Crippen MR) is 140 cm³/mol. The molecule has 35 heavy (non-hydrogen) atoms. The summed E-state index contributed by atoms with van der Waals surface area (Å²) in [4.78, 5) is 11.6. The Hall–Kier alpha value is -3.59. The van der Waals surface area contributed by atoms with Gasteiger partial charge in [-0.3, -0.25) is 0 Å². The minimum Gasteiger partial charge on any atom is -0.486 e. The maximum absolute atomic E-state index is 6.04. The molecule has 1 aromatic heterocycles. The van der Waals surface area contributed by atoms with Crippen molar-refractivity contribution in [3.8, 4) is 23.1 Å². The van der Waals surface area contributed by atoms with E-state index in [1.54, 1.807) is 0 Å². The van der Waals surface area contributed by atoms with Gasteiger partial charge in [-0.1, -0.05) is 24.3 Å². The summed E-state index contributed by atoms with van der Waals surface area (Å²) in [6.07, 6.45) is 3.51. The first kappa shape index (κ1) is 23.2.